The number of rotatable bonds is 6. The number of nitrogens with zero attached hydrogens (tertiary/aromatic N) is 4. The number of allylic oxidation sites excluding steroid dienone is 3. The fraction of sp³-hybridized carbons (Fsp3) is 0.316. The lowest BCUT2D eigenvalue weighted by molar-refractivity contribution is 0.0139. The summed E-state index contributed by atoms with van der Waals surface area (Å²) in [5, 5.41) is 1.86. The highest BCUT2D eigenvalue weighted by Gasteiger charge is 2.41. The van der Waals surface area contributed by atoms with Crippen LogP contribution in [0.4, 0.5) is 4.79 Å². The van der Waals surface area contributed by atoms with Gasteiger partial charge in [-0.1, -0.05) is 48.6 Å². The Bertz CT molecular complexity index is 2160. The van der Waals surface area contributed by atoms with Crippen LogP contribution in [-0.4, -0.2) is 74.8 Å². The van der Waals surface area contributed by atoms with E-state index in [2.05, 4.69) is 45.2 Å². The second-order valence-electron chi connectivity index (χ2n) is 14.0. The van der Waals surface area contributed by atoms with Crippen molar-refractivity contribution < 1.29 is 17.9 Å². The number of H-pyrrole nitrogens is 1. The van der Waals surface area contributed by atoms with Crippen LogP contribution < -0.4 is 0 Å². The first-order valence-electron chi connectivity index (χ1n) is 16.4. The lowest BCUT2D eigenvalue weighted by Gasteiger charge is -2.35. The molecule has 7 rings (SSSR count). The largest absolute Gasteiger partial charge is 0.444 e. The molecule has 4 heterocycles. The standard InChI is InChI=1S/C38H41N5O4S/c1-37(2,3)47-36(44)42-20-18-41(19-21-42)26-27-7-9-28(10-8-27)33-23-31-14-17-43(35(31)40-25-33)48(45,46)38(4)15-5-6-32(24-38)29-11-12-34-30(22-29)13-16-39-34/h5-17,22-23,25,39H,18-21,24,26H2,1-4H3. The summed E-state index contributed by atoms with van der Waals surface area (Å²) in [6.07, 6.45) is 11.0. The van der Waals surface area contributed by atoms with Crippen LogP contribution in [0.15, 0.2) is 97.5 Å². The molecule has 1 N–H and O–H groups in total. The third-order valence-electron chi connectivity index (χ3n) is 9.27. The summed E-state index contributed by atoms with van der Waals surface area (Å²) in [5.41, 5.74) is 6.08. The summed E-state index contributed by atoms with van der Waals surface area (Å²) in [4.78, 5) is 24.4. The number of hydrogen-bond acceptors (Lipinski definition) is 6. The highest BCUT2D eigenvalue weighted by molar-refractivity contribution is 7.91. The Morgan fingerprint density at radius 2 is 1.67 bits per heavy atom. The van der Waals surface area contributed by atoms with Gasteiger partial charge in [-0.2, -0.15) is 0 Å². The molecule has 2 aliphatic rings. The van der Waals surface area contributed by atoms with Crippen molar-refractivity contribution >= 4 is 43.6 Å². The molecule has 48 heavy (non-hydrogen) atoms. The number of aromatic nitrogens is 3. The third-order valence-corrected chi connectivity index (χ3v) is 11.5. The molecule has 5 aromatic rings. The molecule has 0 saturated carbocycles. The van der Waals surface area contributed by atoms with Crippen molar-refractivity contribution in [2.45, 2.75) is 51.0 Å². The zero-order valence-corrected chi connectivity index (χ0v) is 28.6. The van der Waals surface area contributed by atoms with Gasteiger partial charge in [0, 0.05) is 67.8 Å². The maximum atomic E-state index is 14.2. The molecule has 1 unspecified atom stereocenters. The molecule has 1 aliphatic carbocycles. The molecule has 1 aliphatic heterocycles. The molecule has 0 spiro atoms. The molecule has 1 atom stereocenters. The molecular weight excluding hydrogens is 623 g/mol. The van der Waals surface area contributed by atoms with Gasteiger partial charge in [0.2, 0.25) is 10.0 Å². The van der Waals surface area contributed by atoms with Crippen molar-refractivity contribution in [1.29, 1.82) is 0 Å². The quantitative estimate of drug-likeness (QED) is 0.206. The van der Waals surface area contributed by atoms with Gasteiger partial charge in [-0.3, -0.25) is 4.90 Å². The van der Waals surface area contributed by atoms with Crippen molar-refractivity contribution in [2.24, 2.45) is 0 Å². The minimum atomic E-state index is -3.84. The average Bonchev–Trinajstić information content (AvgIpc) is 3.71. The van der Waals surface area contributed by atoms with Gasteiger partial charge in [0.25, 0.3) is 0 Å². The number of carbonyl (C=O) groups excluding carboxylic acids is 1. The molecule has 2 aromatic carbocycles. The van der Waals surface area contributed by atoms with E-state index in [1.165, 1.54) is 9.54 Å². The topological polar surface area (TPSA) is 101 Å². The Labute approximate surface area is 281 Å². The van der Waals surface area contributed by atoms with E-state index in [1.807, 2.05) is 69.5 Å². The van der Waals surface area contributed by atoms with E-state index in [1.54, 1.807) is 30.3 Å². The fourth-order valence-electron chi connectivity index (χ4n) is 6.54. The first-order valence-corrected chi connectivity index (χ1v) is 17.8. The van der Waals surface area contributed by atoms with Gasteiger partial charge >= 0.3 is 6.09 Å². The Balaban J connectivity index is 1.03. The summed E-state index contributed by atoms with van der Waals surface area (Å²) >= 11 is 0. The second-order valence-corrected chi connectivity index (χ2v) is 16.3. The number of benzene rings is 2. The lowest BCUT2D eigenvalue weighted by atomic mass is 9.90. The summed E-state index contributed by atoms with van der Waals surface area (Å²) < 4.78 is 34.1. The maximum Gasteiger partial charge on any atom is 0.410 e. The van der Waals surface area contributed by atoms with E-state index in [0.717, 1.165) is 58.2 Å². The number of carbonyl (C=O) groups is 1. The minimum Gasteiger partial charge on any atom is -0.444 e. The normalized spacial score (nSPS) is 19.2. The zero-order valence-electron chi connectivity index (χ0n) is 27.8. The molecule has 1 saturated heterocycles. The minimum absolute atomic E-state index is 0.252. The van der Waals surface area contributed by atoms with E-state index >= 15 is 0 Å². The van der Waals surface area contributed by atoms with Crippen molar-refractivity contribution in [3.05, 3.63) is 109 Å². The Hall–Kier alpha value is -4.67. The van der Waals surface area contributed by atoms with Gasteiger partial charge in [-0.25, -0.2) is 22.2 Å². The van der Waals surface area contributed by atoms with Crippen LogP contribution in [0.5, 0.6) is 0 Å². The number of piperazine rings is 1. The molecule has 3 aromatic heterocycles. The molecular formula is C38H41N5O4S. The zero-order chi connectivity index (χ0) is 33.7. The van der Waals surface area contributed by atoms with Gasteiger partial charge in [-0.05, 0) is 92.1 Å². The highest BCUT2D eigenvalue weighted by atomic mass is 32.2. The van der Waals surface area contributed by atoms with Crippen LogP contribution in [0.1, 0.15) is 45.2 Å². The number of ether oxygens (including phenoxy) is 1. The van der Waals surface area contributed by atoms with E-state index in [4.69, 9.17) is 4.74 Å². The van der Waals surface area contributed by atoms with Crippen molar-refractivity contribution in [2.75, 3.05) is 26.2 Å². The van der Waals surface area contributed by atoms with Crippen molar-refractivity contribution in [3.63, 3.8) is 0 Å². The van der Waals surface area contributed by atoms with Gasteiger partial charge in [-0.15, -0.1) is 0 Å². The van der Waals surface area contributed by atoms with Gasteiger partial charge in [0.15, 0.2) is 5.65 Å². The van der Waals surface area contributed by atoms with E-state index in [-0.39, 0.29) is 6.09 Å². The van der Waals surface area contributed by atoms with Gasteiger partial charge in [0.05, 0.1) is 0 Å². The number of fused-ring (bicyclic) bond motifs is 2. The number of hydrogen-bond donors (Lipinski definition) is 1. The Kier molecular flexibility index (Phi) is 8.04. The average molecular weight is 664 g/mol. The fourth-order valence-corrected chi connectivity index (χ4v) is 8.18. The number of nitrogens with one attached hydrogen (secondary N) is 1. The summed E-state index contributed by atoms with van der Waals surface area (Å²) in [7, 11) is -3.84. The molecule has 248 valence electrons. The molecule has 9 nitrogen and oxygen atoms in total. The number of amides is 1. The Morgan fingerprint density at radius 1 is 0.938 bits per heavy atom. The van der Waals surface area contributed by atoms with Crippen LogP contribution in [0.25, 0.3) is 38.6 Å². The monoisotopic (exact) mass is 663 g/mol. The Morgan fingerprint density at radius 3 is 2.42 bits per heavy atom. The van der Waals surface area contributed by atoms with Crippen LogP contribution in [0.3, 0.4) is 0 Å². The third kappa shape index (κ3) is 6.18. The molecule has 10 heteroatoms. The maximum absolute atomic E-state index is 14.2. The molecule has 0 bridgehead atoms. The number of pyridine rings is 1. The van der Waals surface area contributed by atoms with Gasteiger partial charge in [0.1, 0.15) is 10.3 Å². The second kappa shape index (κ2) is 12.1. The van der Waals surface area contributed by atoms with E-state index in [9.17, 15) is 13.2 Å². The van der Waals surface area contributed by atoms with Crippen LogP contribution in [-0.2, 0) is 21.3 Å². The summed E-state index contributed by atoms with van der Waals surface area (Å²) in [6.45, 7) is 11.1. The predicted molar refractivity (Wildman–Crippen MR) is 191 cm³/mol. The van der Waals surface area contributed by atoms with Crippen LogP contribution in [0.2, 0.25) is 0 Å². The highest BCUT2D eigenvalue weighted by Crippen LogP contribution is 2.38. The van der Waals surface area contributed by atoms with E-state index < -0.39 is 20.4 Å². The smallest absolute Gasteiger partial charge is 0.410 e. The van der Waals surface area contributed by atoms with Crippen LogP contribution in [0, 0.1) is 0 Å². The van der Waals surface area contributed by atoms with Crippen molar-refractivity contribution in [1.82, 2.24) is 23.7 Å². The lowest BCUT2D eigenvalue weighted by Crippen LogP contribution is -2.49. The van der Waals surface area contributed by atoms with Crippen LogP contribution >= 0.6 is 0 Å². The predicted octanol–water partition coefficient (Wildman–Crippen LogP) is 7.22. The molecule has 0 radical (unpaired) electrons. The summed E-state index contributed by atoms with van der Waals surface area (Å²) in [6, 6.07) is 20.4. The first kappa shape index (κ1) is 31.9. The first-order chi connectivity index (χ1) is 22.9. The molecule has 1 amide bonds. The molecule has 1 fully saturated rings. The number of aromatic amines is 1. The van der Waals surface area contributed by atoms with Gasteiger partial charge < -0.3 is 14.6 Å². The van der Waals surface area contributed by atoms with Crippen molar-refractivity contribution in [3.8, 4) is 11.1 Å². The van der Waals surface area contributed by atoms with E-state index in [0.29, 0.717) is 25.2 Å². The summed E-state index contributed by atoms with van der Waals surface area (Å²) in [5.74, 6) is 0. The SMILES string of the molecule is CC(C)(C)OC(=O)N1CCN(Cc2ccc(-c3cnc4c(ccn4S(=O)(=O)C4(C)C=CC=C(c5ccc6[nH]ccc6c5)C4)c3)cc2)CC1.